The highest BCUT2D eigenvalue weighted by molar-refractivity contribution is 5.93. The average Bonchev–Trinajstić information content (AvgIpc) is 2.72. The van der Waals surface area contributed by atoms with E-state index in [0.29, 0.717) is 24.1 Å². The van der Waals surface area contributed by atoms with E-state index < -0.39 is 5.60 Å². The van der Waals surface area contributed by atoms with Crippen LogP contribution in [0.4, 0.5) is 4.79 Å². The Hall–Kier alpha value is -2.11. The van der Waals surface area contributed by atoms with E-state index in [1.54, 1.807) is 6.07 Å². The van der Waals surface area contributed by atoms with Crippen molar-refractivity contribution >= 4 is 12.0 Å². The Morgan fingerprint density at radius 2 is 2.19 bits per heavy atom. The molecule has 6 nitrogen and oxygen atoms in total. The maximum atomic E-state index is 13.0. The minimum Gasteiger partial charge on any atom is -0.443 e. The molecule has 1 heterocycles. The predicted octanol–water partition coefficient (Wildman–Crippen LogP) is 3.35. The highest BCUT2D eigenvalue weighted by atomic mass is 16.6. The van der Waals surface area contributed by atoms with Crippen molar-refractivity contribution in [1.29, 1.82) is 0 Å². The second-order valence-electron chi connectivity index (χ2n) is 8.65. The van der Waals surface area contributed by atoms with Crippen molar-refractivity contribution in [3.05, 3.63) is 29.6 Å². The van der Waals surface area contributed by atoms with Crippen LogP contribution in [0.25, 0.3) is 0 Å². The lowest BCUT2D eigenvalue weighted by Crippen LogP contribution is -2.51. The first kappa shape index (κ1) is 18.3. The van der Waals surface area contributed by atoms with Crippen molar-refractivity contribution in [2.24, 2.45) is 11.8 Å². The second kappa shape index (κ2) is 6.80. The molecule has 4 rings (SSSR count). The Balaban J connectivity index is 1.59. The minimum absolute atomic E-state index is 0.113. The number of rotatable bonds is 4. The molecule has 0 aliphatic heterocycles. The third-order valence-corrected chi connectivity index (χ3v) is 6.67. The smallest absolute Gasteiger partial charge is 0.407 e. The molecule has 1 aromatic heterocycles. The van der Waals surface area contributed by atoms with Gasteiger partial charge in [0.2, 0.25) is 0 Å². The fraction of sp³-hybridized carbons (Fsp3) is 0.667. The van der Waals surface area contributed by atoms with Gasteiger partial charge in [0.15, 0.2) is 0 Å². The van der Waals surface area contributed by atoms with Gasteiger partial charge in [-0.25, -0.2) is 9.78 Å². The topological polar surface area (TPSA) is 80.3 Å². The molecule has 0 spiro atoms. The van der Waals surface area contributed by atoms with Gasteiger partial charge in [0.25, 0.3) is 5.91 Å². The van der Waals surface area contributed by atoms with Crippen LogP contribution in [-0.2, 0) is 4.74 Å². The van der Waals surface area contributed by atoms with Gasteiger partial charge >= 0.3 is 6.09 Å². The number of nitrogens with one attached hydrogen (secondary N) is 2. The van der Waals surface area contributed by atoms with Gasteiger partial charge in [0.05, 0.1) is 0 Å². The summed E-state index contributed by atoms with van der Waals surface area (Å²) in [5.74, 6) is 0.830. The Morgan fingerprint density at radius 3 is 2.96 bits per heavy atom. The molecule has 3 aliphatic rings. The molecule has 0 aromatic carbocycles. The molecular formula is C21H29N3O3. The molecule has 3 saturated carbocycles. The van der Waals surface area contributed by atoms with Crippen molar-refractivity contribution in [3.63, 3.8) is 0 Å². The van der Waals surface area contributed by atoms with Crippen molar-refractivity contribution in [2.45, 2.75) is 69.9 Å². The fourth-order valence-corrected chi connectivity index (χ4v) is 5.80. The van der Waals surface area contributed by atoms with E-state index in [0.717, 1.165) is 50.6 Å². The lowest BCUT2D eigenvalue weighted by Gasteiger charge is -2.37. The van der Waals surface area contributed by atoms with E-state index in [9.17, 15) is 9.59 Å². The van der Waals surface area contributed by atoms with Crippen molar-refractivity contribution < 1.29 is 14.3 Å². The van der Waals surface area contributed by atoms with Crippen LogP contribution >= 0.6 is 0 Å². The largest absolute Gasteiger partial charge is 0.443 e. The van der Waals surface area contributed by atoms with E-state index in [4.69, 9.17) is 4.74 Å². The van der Waals surface area contributed by atoms with Crippen LogP contribution in [0, 0.1) is 18.8 Å². The van der Waals surface area contributed by atoms with Gasteiger partial charge in [-0.05, 0) is 63.5 Å². The molecule has 6 heteroatoms. The summed E-state index contributed by atoms with van der Waals surface area (Å²) in [6.07, 6.45) is 6.48. The molecule has 0 radical (unpaired) electrons. The highest BCUT2D eigenvalue weighted by Crippen LogP contribution is 2.59. The summed E-state index contributed by atoms with van der Waals surface area (Å²) < 4.78 is 5.96. The predicted molar refractivity (Wildman–Crippen MR) is 101 cm³/mol. The average molecular weight is 371 g/mol. The number of ether oxygens (including phenoxy) is 1. The maximum absolute atomic E-state index is 13.0. The van der Waals surface area contributed by atoms with E-state index in [1.807, 2.05) is 26.0 Å². The third-order valence-electron chi connectivity index (χ3n) is 6.67. The van der Waals surface area contributed by atoms with Crippen LogP contribution in [0.5, 0.6) is 0 Å². The first-order valence-corrected chi connectivity index (χ1v) is 10.2. The fourth-order valence-electron chi connectivity index (χ4n) is 5.80. The SMILES string of the molecule is CCNC(=O)OC12CC3CCCC(NC(=O)c4cccc(C)n4)(C1)C(C3)C2. The summed E-state index contributed by atoms with van der Waals surface area (Å²) in [5.41, 5.74) is 0.563. The normalized spacial score (nSPS) is 34.0. The summed E-state index contributed by atoms with van der Waals surface area (Å²) >= 11 is 0. The van der Waals surface area contributed by atoms with Gasteiger partial charge in [-0.15, -0.1) is 0 Å². The van der Waals surface area contributed by atoms with Crippen LogP contribution in [0.1, 0.15) is 68.1 Å². The van der Waals surface area contributed by atoms with Gasteiger partial charge in [-0.1, -0.05) is 18.9 Å². The number of hydrogen-bond acceptors (Lipinski definition) is 4. The van der Waals surface area contributed by atoms with Gasteiger partial charge in [0, 0.05) is 24.2 Å². The monoisotopic (exact) mass is 371 g/mol. The molecule has 3 fully saturated rings. The second-order valence-corrected chi connectivity index (χ2v) is 8.65. The molecule has 3 bridgehead atoms. The zero-order valence-corrected chi connectivity index (χ0v) is 16.2. The van der Waals surface area contributed by atoms with Crippen LogP contribution in [0.2, 0.25) is 0 Å². The lowest BCUT2D eigenvalue weighted by molar-refractivity contribution is -0.0235. The van der Waals surface area contributed by atoms with Crippen molar-refractivity contribution in [3.8, 4) is 0 Å². The van der Waals surface area contributed by atoms with Gasteiger partial charge < -0.3 is 15.4 Å². The molecule has 1 aromatic rings. The highest BCUT2D eigenvalue weighted by Gasteiger charge is 2.61. The first-order chi connectivity index (χ1) is 12.9. The Labute approximate surface area is 160 Å². The van der Waals surface area contributed by atoms with E-state index in [1.165, 1.54) is 0 Å². The number of hydrogen-bond donors (Lipinski definition) is 2. The lowest BCUT2D eigenvalue weighted by atomic mass is 9.77. The van der Waals surface area contributed by atoms with Crippen molar-refractivity contribution in [1.82, 2.24) is 15.6 Å². The number of carbonyl (C=O) groups excluding carboxylic acids is 2. The molecule has 4 unspecified atom stereocenters. The number of aryl methyl sites for hydroxylation is 1. The number of amides is 2. The van der Waals surface area contributed by atoms with Crippen LogP contribution in [-0.4, -0.2) is 34.7 Å². The van der Waals surface area contributed by atoms with E-state index in [-0.39, 0.29) is 17.5 Å². The minimum atomic E-state index is -0.444. The van der Waals surface area contributed by atoms with E-state index in [2.05, 4.69) is 15.6 Å². The molecular weight excluding hydrogens is 342 g/mol. The summed E-state index contributed by atoms with van der Waals surface area (Å²) in [5, 5.41) is 6.11. The van der Waals surface area contributed by atoms with Gasteiger partial charge in [-0.2, -0.15) is 0 Å². The summed E-state index contributed by atoms with van der Waals surface area (Å²) in [7, 11) is 0. The maximum Gasteiger partial charge on any atom is 0.407 e. The molecule has 146 valence electrons. The zero-order chi connectivity index (χ0) is 19.1. The molecule has 4 atom stereocenters. The molecule has 0 saturated heterocycles. The number of carbonyl (C=O) groups is 2. The van der Waals surface area contributed by atoms with Gasteiger partial charge in [-0.3, -0.25) is 4.79 Å². The number of pyridine rings is 1. The summed E-state index contributed by atoms with van der Waals surface area (Å²) in [4.78, 5) is 29.5. The number of nitrogens with zero attached hydrogens (tertiary/aromatic N) is 1. The van der Waals surface area contributed by atoms with Crippen molar-refractivity contribution in [2.75, 3.05) is 6.54 Å². The third kappa shape index (κ3) is 3.42. The molecule has 2 N–H and O–H groups in total. The quantitative estimate of drug-likeness (QED) is 0.851. The van der Waals surface area contributed by atoms with Crippen LogP contribution in [0.3, 0.4) is 0 Å². The first-order valence-electron chi connectivity index (χ1n) is 10.2. The van der Waals surface area contributed by atoms with E-state index >= 15 is 0 Å². The summed E-state index contributed by atoms with van der Waals surface area (Å²) in [6, 6.07) is 5.52. The molecule has 2 amide bonds. The number of alkyl carbamates (subject to hydrolysis) is 1. The Bertz CT molecular complexity index is 752. The van der Waals surface area contributed by atoms with Crippen LogP contribution < -0.4 is 10.6 Å². The van der Waals surface area contributed by atoms with Crippen LogP contribution in [0.15, 0.2) is 18.2 Å². The molecule has 27 heavy (non-hydrogen) atoms. The Kier molecular flexibility index (Phi) is 4.60. The Morgan fingerprint density at radius 1 is 1.33 bits per heavy atom. The number of fused-ring (bicyclic) bond motifs is 2. The molecule has 3 aliphatic carbocycles. The number of aromatic nitrogens is 1. The van der Waals surface area contributed by atoms with Gasteiger partial charge in [0.1, 0.15) is 11.3 Å². The standard InChI is InChI=1S/C21H29N3O3/c1-3-22-19(26)27-20-11-15-7-5-9-21(13-20,16(10-15)12-20)24-18(25)17-8-4-6-14(2)23-17/h4,6,8,15-16H,3,5,7,9-13H2,1-2H3,(H,22,26)(H,24,25). The zero-order valence-electron chi connectivity index (χ0n) is 16.2. The summed E-state index contributed by atoms with van der Waals surface area (Å²) in [6.45, 7) is 4.34.